The van der Waals surface area contributed by atoms with E-state index in [1.807, 2.05) is 30.3 Å². The molecule has 2 N–H and O–H groups in total. The van der Waals surface area contributed by atoms with Gasteiger partial charge in [0.05, 0.1) is 25.6 Å². The smallest absolute Gasteiger partial charge is 0.137 e. The van der Waals surface area contributed by atoms with Crippen LogP contribution in [0.4, 0.5) is 0 Å². The lowest BCUT2D eigenvalue weighted by Gasteiger charge is -2.11. The van der Waals surface area contributed by atoms with Crippen LogP contribution in [0.25, 0.3) is 16.9 Å². The van der Waals surface area contributed by atoms with Crippen LogP contribution in [0.2, 0.25) is 0 Å². The summed E-state index contributed by atoms with van der Waals surface area (Å²) in [5, 5.41) is 0. The summed E-state index contributed by atoms with van der Waals surface area (Å²) in [5.74, 6) is 1.54. The molecule has 2 heterocycles. The average molecular weight is 311 g/mol. The fourth-order valence-electron chi connectivity index (χ4n) is 2.91. The Balaban J connectivity index is 2.31. The van der Waals surface area contributed by atoms with Gasteiger partial charge in [0, 0.05) is 17.7 Å². The van der Waals surface area contributed by atoms with Gasteiger partial charge in [-0.15, -0.1) is 0 Å². The van der Waals surface area contributed by atoms with Crippen LogP contribution in [0.5, 0.6) is 11.5 Å². The number of hydrogen-bond donors (Lipinski definition) is 1. The molecule has 120 valence electrons. The first-order valence-electron chi connectivity index (χ1n) is 7.59. The summed E-state index contributed by atoms with van der Waals surface area (Å²) >= 11 is 0. The molecule has 0 atom stereocenters. The molecular formula is C18H21N3O2. The van der Waals surface area contributed by atoms with E-state index in [0.717, 1.165) is 46.2 Å². The van der Waals surface area contributed by atoms with Crippen molar-refractivity contribution in [2.75, 3.05) is 20.8 Å². The monoisotopic (exact) mass is 311 g/mol. The van der Waals surface area contributed by atoms with Crippen molar-refractivity contribution in [2.24, 2.45) is 5.73 Å². The van der Waals surface area contributed by atoms with Crippen LogP contribution in [-0.2, 0) is 6.42 Å². The third-order valence-electron chi connectivity index (χ3n) is 3.98. The van der Waals surface area contributed by atoms with E-state index >= 15 is 0 Å². The maximum Gasteiger partial charge on any atom is 0.137 e. The van der Waals surface area contributed by atoms with E-state index in [0.29, 0.717) is 6.54 Å². The zero-order valence-electron chi connectivity index (χ0n) is 13.7. The minimum absolute atomic E-state index is 0.557. The van der Waals surface area contributed by atoms with Crippen LogP contribution in [0, 0.1) is 6.92 Å². The lowest BCUT2D eigenvalue weighted by molar-refractivity contribution is 0.404. The van der Waals surface area contributed by atoms with Crippen molar-refractivity contribution >= 4 is 5.65 Å². The van der Waals surface area contributed by atoms with Crippen LogP contribution in [-0.4, -0.2) is 30.1 Å². The Labute approximate surface area is 135 Å². The summed E-state index contributed by atoms with van der Waals surface area (Å²) in [6, 6.07) is 11.8. The molecule has 0 aliphatic rings. The Morgan fingerprint density at radius 2 is 1.96 bits per heavy atom. The number of nitrogens with two attached hydrogens (primary N) is 1. The molecule has 3 rings (SSSR count). The van der Waals surface area contributed by atoms with Crippen molar-refractivity contribution in [2.45, 2.75) is 13.3 Å². The predicted molar refractivity (Wildman–Crippen MR) is 91.2 cm³/mol. The second kappa shape index (κ2) is 6.30. The highest BCUT2D eigenvalue weighted by Gasteiger charge is 2.18. The summed E-state index contributed by atoms with van der Waals surface area (Å²) in [5.41, 5.74) is 10.8. The zero-order valence-corrected chi connectivity index (χ0v) is 13.7. The van der Waals surface area contributed by atoms with Gasteiger partial charge in [-0.1, -0.05) is 6.07 Å². The summed E-state index contributed by atoms with van der Waals surface area (Å²) in [7, 11) is 3.31. The molecule has 0 saturated carbocycles. The van der Waals surface area contributed by atoms with Gasteiger partial charge in [-0.2, -0.15) is 0 Å². The van der Waals surface area contributed by atoms with Crippen LogP contribution in [0.1, 0.15) is 11.4 Å². The number of nitrogens with zero attached hydrogens (tertiary/aromatic N) is 2. The summed E-state index contributed by atoms with van der Waals surface area (Å²) in [6.07, 6.45) is 0.738. The number of aryl methyl sites for hydroxylation is 1. The van der Waals surface area contributed by atoms with E-state index in [2.05, 4.69) is 17.4 Å². The van der Waals surface area contributed by atoms with Gasteiger partial charge in [0.15, 0.2) is 0 Å². The number of fused-ring (bicyclic) bond motifs is 1. The largest absolute Gasteiger partial charge is 0.497 e. The number of ether oxygens (including phenoxy) is 2. The SMILES string of the molecule is COc1ccc(OC)c(-c2nc3cccc(C)n3c2CCN)c1. The highest BCUT2D eigenvalue weighted by Crippen LogP contribution is 2.35. The quantitative estimate of drug-likeness (QED) is 0.787. The van der Waals surface area contributed by atoms with E-state index in [9.17, 15) is 0 Å². The van der Waals surface area contributed by atoms with Gasteiger partial charge < -0.3 is 19.6 Å². The van der Waals surface area contributed by atoms with E-state index < -0.39 is 0 Å². The maximum absolute atomic E-state index is 5.84. The van der Waals surface area contributed by atoms with Crippen LogP contribution in [0.15, 0.2) is 36.4 Å². The molecule has 23 heavy (non-hydrogen) atoms. The molecule has 0 radical (unpaired) electrons. The first-order valence-corrected chi connectivity index (χ1v) is 7.59. The van der Waals surface area contributed by atoms with Crippen molar-refractivity contribution in [3.05, 3.63) is 47.8 Å². The number of benzene rings is 1. The molecule has 0 amide bonds. The van der Waals surface area contributed by atoms with Gasteiger partial charge in [-0.25, -0.2) is 4.98 Å². The normalized spacial score (nSPS) is 11.0. The summed E-state index contributed by atoms with van der Waals surface area (Å²) in [6.45, 7) is 2.63. The molecule has 5 nitrogen and oxygen atoms in total. The Kier molecular flexibility index (Phi) is 4.21. The van der Waals surface area contributed by atoms with Crippen LogP contribution < -0.4 is 15.2 Å². The molecule has 0 saturated heterocycles. The van der Waals surface area contributed by atoms with Gasteiger partial charge in [-0.3, -0.25) is 0 Å². The molecule has 2 aromatic heterocycles. The first-order chi connectivity index (χ1) is 11.2. The molecular weight excluding hydrogens is 290 g/mol. The van der Waals surface area contributed by atoms with Crippen LogP contribution in [0.3, 0.4) is 0 Å². The number of imidazole rings is 1. The minimum atomic E-state index is 0.557. The molecule has 0 unspecified atom stereocenters. The molecule has 0 aliphatic heterocycles. The van der Waals surface area contributed by atoms with Crippen molar-refractivity contribution in [1.29, 1.82) is 0 Å². The second-order valence-corrected chi connectivity index (χ2v) is 5.37. The molecule has 0 bridgehead atoms. The van der Waals surface area contributed by atoms with Crippen molar-refractivity contribution in [1.82, 2.24) is 9.38 Å². The molecule has 5 heteroatoms. The molecule has 0 spiro atoms. The van der Waals surface area contributed by atoms with Gasteiger partial charge >= 0.3 is 0 Å². The fraction of sp³-hybridized carbons (Fsp3) is 0.278. The zero-order chi connectivity index (χ0) is 16.4. The molecule has 3 aromatic rings. The number of methoxy groups -OCH3 is 2. The highest BCUT2D eigenvalue weighted by molar-refractivity contribution is 5.74. The highest BCUT2D eigenvalue weighted by atomic mass is 16.5. The van der Waals surface area contributed by atoms with E-state index in [4.69, 9.17) is 20.2 Å². The van der Waals surface area contributed by atoms with Crippen LogP contribution >= 0.6 is 0 Å². The topological polar surface area (TPSA) is 61.8 Å². The van der Waals surface area contributed by atoms with Crippen molar-refractivity contribution in [3.63, 3.8) is 0 Å². The van der Waals surface area contributed by atoms with Gasteiger partial charge in [0.25, 0.3) is 0 Å². The molecule has 0 fully saturated rings. The van der Waals surface area contributed by atoms with E-state index in [1.54, 1.807) is 14.2 Å². The first kappa shape index (κ1) is 15.4. The average Bonchev–Trinajstić information content (AvgIpc) is 2.94. The van der Waals surface area contributed by atoms with Gasteiger partial charge in [-0.05, 0) is 43.8 Å². The Hall–Kier alpha value is -2.53. The third kappa shape index (κ3) is 2.64. The minimum Gasteiger partial charge on any atom is -0.497 e. The van der Waals surface area contributed by atoms with Gasteiger partial charge in [0.2, 0.25) is 0 Å². The lowest BCUT2D eigenvalue weighted by atomic mass is 10.1. The predicted octanol–water partition coefficient (Wildman–Crippen LogP) is 2.83. The van der Waals surface area contributed by atoms with Crippen molar-refractivity contribution < 1.29 is 9.47 Å². The summed E-state index contributed by atoms with van der Waals surface area (Å²) in [4.78, 5) is 4.82. The Bertz CT molecular complexity index is 840. The fourth-order valence-corrected chi connectivity index (χ4v) is 2.91. The Morgan fingerprint density at radius 3 is 2.65 bits per heavy atom. The Morgan fingerprint density at radius 1 is 1.13 bits per heavy atom. The molecule has 1 aromatic carbocycles. The van der Waals surface area contributed by atoms with Gasteiger partial charge in [0.1, 0.15) is 17.1 Å². The number of rotatable bonds is 5. The van der Waals surface area contributed by atoms with Crippen molar-refractivity contribution in [3.8, 4) is 22.8 Å². The standard InChI is InChI=1S/C18H21N3O2/c1-12-5-4-6-17-20-18(15(9-10-19)21(12)17)14-11-13(22-2)7-8-16(14)23-3/h4-8,11H,9-10,19H2,1-3H3. The van der Waals surface area contributed by atoms with E-state index in [1.165, 1.54) is 0 Å². The summed E-state index contributed by atoms with van der Waals surface area (Å²) < 4.78 is 13.0. The third-order valence-corrected chi connectivity index (χ3v) is 3.98. The molecule has 0 aliphatic carbocycles. The number of pyridine rings is 1. The maximum atomic E-state index is 5.84. The number of hydrogen-bond acceptors (Lipinski definition) is 4. The second-order valence-electron chi connectivity index (χ2n) is 5.37. The van der Waals surface area contributed by atoms with E-state index in [-0.39, 0.29) is 0 Å². The number of aromatic nitrogens is 2. The lowest BCUT2D eigenvalue weighted by Crippen LogP contribution is -2.07.